The maximum atomic E-state index is 12.0. The first-order valence-corrected chi connectivity index (χ1v) is 7.01. The second-order valence-electron chi connectivity index (χ2n) is 5.03. The van der Waals surface area contributed by atoms with Crippen molar-refractivity contribution in [2.24, 2.45) is 0 Å². The van der Waals surface area contributed by atoms with Gasteiger partial charge in [-0.25, -0.2) is 0 Å². The minimum atomic E-state index is -0.366. The molecule has 1 aromatic carbocycles. The molecule has 6 heteroatoms. The quantitative estimate of drug-likeness (QED) is 0.907. The monoisotopic (exact) mass is 290 g/mol. The number of benzene rings is 1. The van der Waals surface area contributed by atoms with Crippen LogP contribution in [-0.4, -0.2) is 28.2 Å². The van der Waals surface area contributed by atoms with Crippen LogP contribution in [0.1, 0.15) is 19.8 Å². The normalized spacial score (nSPS) is 15.9. The van der Waals surface area contributed by atoms with Crippen molar-refractivity contribution in [2.45, 2.75) is 31.8 Å². The Balaban J connectivity index is 1.83. The first kappa shape index (κ1) is 13.1. The Kier molecular flexibility index (Phi) is 3.44. The van der Waals surface area contributed by atoms with E-state index in [2.05, 4.69) is 20.8 Å². The Labute approximate surface area is 121 Å². The highest BCUT2D eigenvalue weighted by molar-refractivity contribution is 6.34. The molecule has 2 aromatic rings. The summed E-state index contributed by atoms with van der Waals surface area (Å²) < 4.78 is 0. The molecule has 2 N–H and O–H groups in total. The first-order chi connectivity index (χ1) is 9.65. The molecule has 1 fully saturated rings. The fourth-order valence-electron chi connectivity index (χ4n) is 2.00. The van der Waals surface area contributed by atoms with Crippen LogP contribution in [0.5, 0.6) is 0 Å². The van der Waals surface area contributed by atoms with Crippen LogP contribution in [0.15, 0.2) is 24.3 Å². The summed E-state index contributed by atoms with van der Waals surface area (Å²) in [4.78, 5) is 12.0. The van der Waals surface area contributed by atoms with Gasteiger partial charge in [-0.05, 0) is 19.8 Å². The lowest BCUT2D eigenvalue weighted by Gasteiger charge is -2.15. The van der Waals surface area contributed by atoms with Crippen LogP contribution in [0.2, 0.25) is 5.15 Å². The predicted molar refractivity (Wildman–Crippen MR) is 78.8 cm³/mol. The molecule has 0 radical (unpaired) electrons. The molecule has 104 valence electrons. The highest BCUT2D eigenvalue weighted by Gasteiger charge is 2.26. The van der Waals surface area contributed by atoms with Gasteiger partial charge < -0.3 is 10.6 Å². The fourth-order valence-corrected chi connectivity index (χ4v) is 2.20. The topological polar surface area (TPSA) is 66.9 Å². The van der Waals surface area contributed by atoms with Crippen LogP contribution in [0.4, 0.5) is 5.82 Å². The maximum Gasteiger partial charge on any atom is 0.242 e. The number of nitrogens with one attached hydrogen (secondary N) is 2. The summed E-state index contributed by atoms with van der Waals surface area (Å²) in [6.45, 7) is 1.81. The van der Waals surface area contributed by atoms with Crippen LogP contribution in [0.3, 0.4) is 0 Å². The second kappa shape index (κ2) is 5.25. The van der Waals surface area contributed by atoms with Crippen LogP contribution in [0, 0.1) is 0 Å². The van der Waals surface area contributed by atoms with Crippen LogP contribution < -0.4 is 10.6 Å². The third kappa shape index (κ3) is 2.67. The molecule has 1 aliphatic carbocycles. The van der Waals surface area contributed by atoms with Gasteiger partial charge in [0.25, 0.3) is 0 Å². The number of carbonyl (C=O) groups excluding carboxylic acids is 1. The largest absolute Gasteiger partial charge is 0.357 e. The van der Waals surface area contributed by atoms with Gasteiger partial charge in [-0.1, -0.05) is 35.9 Å². The van der Waals surface area contributed by atoms with E-state index < -0.39 is 0 Å². The molecule has 1 saturated carbocycles. The van der Waals surface area contributed by atoms with Gasteiger partial charge in [-0.15, -0.1) is 10.2 Å². The number of amides is 1. The second-order valence-corrected chi connectivity index (χ2v) is 5.39. The van der Waals surface area contributed by atoms with Gasteiger partial charge in [0, 0.05) is 16.8 Å². The van der Waals surface area contributed by atoms with Crippen molar-refractivity contribution >= 4 is 34.1 Å². The molecule has 1 aliphatic rings. The van der Waals surface area contributed by atoms with Crippen molar-refractivity contribution in [3.8, 4) is 0 Å². The van der Waals surface area contributed by atoms with Crippen molar-refractivity contribution in [3.63, 3.8) is 0 Å². The molecule has 5 nitrogen and oxygen atoms in total. The fraction of sp³-hybridized carbons (Fsp3) is 0.357. The Morgan fingerprint density at radius 1 is 1.30 bits per heavy atom. The Bertz CT molecular complexity index is 657. The number of hydrogen-bond donors (Lipinski definition) is 2. The molecule has 3 rings (SSSR count). The lowest BCUT2D eigenvalue weighted by molar-refractivity contribution is -0.121. The van der Waals surface area contributed by atoms with Gasteiger partial charge in [-0.3, -0.25) is 4.79 Å². The molecule has 0 spiro atoms. The molecule has 0 saturated heterocycles. The zero-order chi connectivity index (χ0) is 14.1. The number of hydrogen-bond acceptors (Lipinski definition) is 4. The van der Waals surface area contributed by atoms with E-state index in [4.69, 9.17) is 11.6 Å². The Morgan fingerprint density at radius 2 is 2.00 bits per heavy atom. The summed E-state index contributed by atoms with van der Waals surface area (Å²) in [6.07, 6.45) is 2.14. The van der Waals surface area contributed by atoms with Crippen LogP contribution in [0.25, 0.3) is 10.8 Å². The van der Waals surface area contributed by atoms with Crippen LogP contribution in [-0.2, 0) is 4.79 Å². The lowest BCUT2D eigenvalue weighted by Crippen LogP contribution is -2.38. The molecular formula is C14H15ClN4O. The molecule has 1 atom stereocenters. The minimum absolute atomic E-state index is 0.0201. The smallest absolute Gasteiger partial charge is 0.242 e. The van der Waals surface area contributed by atoms with E-state index >= 15 is 0 Å². The maximum absolute atomic E-state index is 12.0. The van der Waals surface area contributed by atoms with E-state index in [1.54, 1.807) is 0 Å². The number of rotatable bonds is 4. The third-order valence-corrected chi connectivity index (χ3v) is 3.59. The van der Waals surface area contributed by atoms with Crippen LogP contribution >= 0.6 is 11.6 Å². The summed E-state index contributed by atoms with van der Waals surface area (Å²) >= 11 is 6.02. The van der Waals surface area contributed by atoms with E-state index in [9.17, 15) is 4.79 Å². The zero-order valence-electron chi connectivity index (χ0n) is 11.1. The van der Waals surface area contributed by atoms with Gasteiger partial charge >= 0.3 is 0 Å². The van der Waals surface area contributed by atoms with Crippen molar-refractivity contribution in [1.82, 2.24) is 15.5 Å². The molecule has 20 heavy (non-hydrogen) atoms. The highest BCUT2D eigenvalue weighted by Crippen LogP contribution is 2.26. The van der Waals surface area contributed by atoms with Crippen molar-refractivity contribution in [1.29, 1.82) is 0 Å². The van der Waals surface area contributed by atoms with Gasteiger partial charge in [-0.2, -0.15) is 0 Å². The van der Waals surface area contributed by atoms with Gasteiger partial charge in [0.1, 0.15) is 6.04 Å². The summed E-state index contributed by atoms with van der Waals surface area (Å²) in [5.74, 6) is 0.553. The van der Waals surface area contributed by atoms with Crippen molar-refractivity contribution in [2.75, 3.05) is 5.32 Å². The summed E-state index contributed by atoms with van der Waals surface area (Å²) in [5.41, 5.74) is 0. The molecule has 1 amide bonds. The van der Waals surface area contributed by atoms with Crippen molar-refractivity contribution < 1.29 is 4.79 Å². The first-order valence-electron chi connectivity index (χ1n) is 6.63. The van der Waals surface area contributed by atoms with E-state index in [0.717, 1.165) is 23.6 Å². The standard InChI is InChI=1S/C14H15ClN4O/c1-8(14(20)17-9-6-7-9)16-13-11-5-3-2-4-10(11)12(15)18-19-13/h2-5,8-9H,6-7H2,1H3,(H,16,19)(H,17,20). The average Bonchev–Trinajstić information content (AvgIpc) is 3.26. The number of nitrogens with zero attached hydrogens (tertiary/aromatic N) is 2. The number of anilines is 1. The molecule has 0 bridgehead atoms. The van der Waals surface area contributed by atoms with E-state index in [1.165, 1.54) is 0 Å². The van der Waals surface area contributed by atoms with E-state index in [0.29, 0.717) is 17.0 Å². The summed E-state index contributed by atoms with van der Waals surface area (Å²) in [7, 11) is 0. The minimum Gasteiger partial charge on any atom is -0.357 e. The average molecular weight is 291 g/mol. The van der Waals surface area contributed by atoms with E-state index in [1.807, 2.05) is 31.2 Å². The molecule has 1 heterocycles. The third-order valence-electron chi connectivity index (χ3n) is 3.31. The molecule has 1 unspecified atom stereocenters. The lowest BCUT2D eigenvalue weighted by atomic mass is 10.2. The SMILES string of the molecule is CC(Nc1nnc(Cl)c2ccccc12)C(=O)NC1CC1. The van der Waals surface area contributed by atoms with Crippen molar-refractivity contribution in [3.05, 3.63) is 29.4 Å². The Morgan fingerprint density at radius 3 is 2.70 bits per heavy atom. The number of halogens is 1. The summed E-state index contributed by atoms with van der Waals surface area (Å²) in [6, 6.07) is 7.56. The van der Waals surface area contributed by atoms with E-state index in [-0.39, 0.29) is 11.9 Å². The van der Waals surface area contributed by atoms with Gasteiger partial charge in [0.05, 0.1) is 0 Å². The predicted octanol–water partition coefficient (Wildman–Crippen LogP) is 2.36. The van der Waals surface area contributed by atoms with Gasteiger partial charge in [0.2, 0.25) is 5.91 Å². The molecule has 0 aliphatic heterocycles. The number of aromatic nitrogens is 2. The summed E-state index contributed by atoms with van der Waals surface area (Å²) in [5, 5.41) is 16.1. The number of carbonyl (C=O) groups is 1. The Hall–Kier alpha value is -1.88. The zero-order valence-corrected chi connectivity index (χ0v) is 11.8. The molecule has 1 aromatic heterocycles. The number of fused-ring (bicyclic) bond motifs is 1. The highest BCUT2D eigenvalue weighted by atomic mass is 35.5. The van der Waals surface area contributed by atoms with Gasteiger partial charge in [0.15, 0.2) is 11.0 Å². The molecular weight excluding hydrogens is 276 g/mol.